The number of nitrogens with zero attached hydrogens (tertiary/aromatic N) is 2. The van der Waals surface area contributed by atoms with Crippen molar-refractivity contribution in [2.75, 3.05) is 26.1 Å². The second kappa shape index (κ2) is 11.7. The monoisotopic (exact) mass is 503 g/mol. The quantitative estimate of drug-likeness (QED) is 0.417. The number of benzene rings is 3. The Morgan fingerprint density at radius 2 is 1.50 bits per heavy atom. The highest BCUT2D eigenvalue weighted by molar-refractivity contribution is 7.80. The summed E-state index contributed by atoms with van der Waals surface area (Å²) in [6.07, 6.45) is 0.673. The number of anilines is 1. The number of methoxy groups -OCH3 is 2. The number of carbonyl (C=O) groups excluding carboxylic acids is 2. The molecule has 186 valence electrons. The molecule has 1 N–H and O–H groups in total. The summed E-state index contributed by atoms with van der Waals surface area (Å²) < 4.78 is 10.4. The maximum Gasteiger partial charge on any atom is 0.252 e. The molecule has 7 nitrogen and oxygen atoms in total. The molecular formula is C28H29N3O4S. The Morgan fingerprint density at radius 1 is 0.889 bits per heavy atom. The predicted octanol–water partition coefficient (Wildman–Crippen LogP) is 4.27. The van der Waals surface area contributed by atoms with Crippen LogP contribution in [0.2, 0.25) is 0 Å². The zero-order chi connectivity index (χ0) is 25.5. The van der Waals surface area contributed by atoms with Gasteiger partial charge in [-0.05, 0) is 66.2 Å². The molecule has 0 aliphatic carbocycles. The average Bonchev–Trinajstić information content (AvgIpc) is 3.12. The van der Waals surface area contributed by atoms with E-state index in [0.29, 0.717) is 36.1 Å². The average molecular weight is 504 g/mol. The van der Waals surface area contributed by atoms with E-state index < -0.39 is 6.04 Å². The van der Waals surface area contributed by atoms with E-state index in [2.05, 4.69) is 5.32 Å². The second-order valence-electron chi connectivity index (χ2n) is 8.48. The van der Waals surface area contributed by atoms with Gasteiger partial charge in [0, 0.05) is 12.2 Å². The van der Waals surface area contributed by atoms with E-state index in [1.807, 2.05) is 59.5 Å². The Kier molecular flexibility index (Phi) is 8.17. The van der Waals surface area contributed by atoms with Crippen molar-refractivity contribution in [3.8, 4) is 11.5 Å². The lowest BCUT2D eigenvalue weighted by Crippen LogP contribution is -2.39. The molecule has 0 spiro atoms. The normalized spacial score (nSPS) is 15.2. The Labute approximate surface area is 216 Å². The Bertz CT molecular complexity index is 1200. The molecule has 1 aliphatic heterocycles. The van der Waals surface area contributed by atoms with Crippen LogP contribution in [0, 0.1) is 0 Å². The third kappa shape index (κ3) is 6.01. The SMILES string of the molecule is COc1ccc(CCN2C(=S)N(Cc3ccccc3)C(=O)[C@H]2CC(=O)Nc2ccc(OC)cc2)cc1. The number of thiocarbonyl (C=S) groups is 1. The third-order valence-electron chi connectivity index (χ3n) is 6.14. The minimum absolute atomic E-state index is 0.00109. The summed E-state index contributed by atoms with van der Waals surface area (Å²) in [5.74, 6) is 1.07. The van der Waals surface area contributed by atoms with Crippen LogP contribution in [0.4, 0.5) is 5.69 Å². The predicted molar refractivity (Wildman–Crippen MR) is 143 cm³/mol. The van der Waals surface area contributed by atoms with Crippen LogP contribution < -0.4 is 14.8 Å². The highest BCUT2D eigenvalue weighted by Gasteiger charge is 2.43. The van der Waals surface area contributed by atoms with Crippen molar-refractivity contribution in [2.45, 2.75) is 25.4 Å². The van der Waals surface area contributed by atoms with Crippen molar-refractivity contribution in [3.63, 3.8) is 0 Å². The van der Waals surface area contributed by atoms with Gasteiger partial charge in [0.15, 0.2) is 5.11 Å². The van der Waals surface area contributed by atoms with Crippen LogP contribution in [0.1, 0.15) is 17.5 Å². The van der Waals surface area contributed by atoms with E-state index >= 15 is 0 Å². The first-order valence-electron chi connectivity index (χ1n) is 11.7. The first-order chi connectivity index (χ1) is 17.5. The first kappa shape index (κ1) is 25.2. The van der Waals surface area contributed by atoms with Crippen molar-refractivity contribution in [3.05, 3.63) is 90.0 Å². The zero-order valence-corrected chi connectivity index (χ0v) is 21.2. The number of nitrogens with one attached hydrogen (secondary N) is 1. The topological polar surface area (TPSA) is 71.1 Å². The molecule has 1 heterocycles. The van der Waals surface area contributed by atoms with Gasteiger partial charge in [-0.1, -0.05) is 42.5 Å². The number of carbonyl (C=O) groups is 2. The van der Waals surface area contributed by atoms with Gasteiger partial charge in [-0.2, -0.15) is 0 Å². The van der Waals surface area contributed by atoms with Crippen LogP contribution in [0.15, 0.2) is 78.9 Å². The summed E-state index contributed by atoms with van der Waals surface area (Å²) in [4.78, 5) is 29.9. The van der Waals surface area contributed by atoms with Crippen molar-refractivity contribution in [2.24, 2.45) is 0 Å². The number of rotatable bonds is 10. The first-order valence-corrected chi connectivity index (χ1v) is 12.1. The van der Waals surface area contributed by atoms with E-state index in [-0.39, 0.29) is 18.2 Å². The summed E-state index contributed by atoms with van der Waals surface area (Å²) in [6.45, 7) is 0.886. The molecule has 1 fully saturated rings. The molecule has 3 aromatic carbocycles. The van der Waals surface area contributed by atoms with Gasteiger partial charge in [0.2, 0.25) is 5.91 Å². The molecule has 2 amide bonds. The summed E-state index contributed by atoms with van der Waals surface area (Å²) >= 11 is 5.75. The molecule has 0 saturated carbocycles. The summed E-state index contributed by atoms with van der Waals surface area (Å²) in [5.41, 5.74) is 2.71. The number of hydrogen-bond donors (Lipinski definition) is 1. The minimum atomic E-state index is -0.669. The smallest absolute Gasteiger partial charge is 0.252 e. The molecule has 0 bridgehead atoms. The third-order valence-corrected chi connectivity index (χ3v) is 6.60. The van der Waals surface area contributed by atoms with Crippen LogP contribution in [-0.2, 0) is 22.6 Å². The van der Waals surface area contributed by atoms with Crippen LogP contribution in [0.3, 0.4) is 0 Å². The standard InChI is InChI=1S/C28H29N3O4S/c1-34-23-12-8-20(9-13-23)16-17-30-25(18-26(32)29-22-10-14-24(35-2)15-11-22)27(33)31(28(30)36)19-21-6-4-3-5-7-21/h3-15,25H,16-19H2,1-2H3,(H,29,32)/t25-/m1/s1. The van der Waals surface area contributed by atoms with Crippen molar-refractivity contribution in [1.29, 1.82) is 0 Å². The molecule has 0 aromatic heterocycles. The van der Waals surface area contributed by atoms with Gasteiger partial charge in [0.05, 0.1) is 27.2 Å². The van der Waals surface area contributed by atoms with Gasteiger partial charge < -0.3 is 19.7 Å². The van der Waals surface area contributed by atoms with Crippen LogP contribution >= 0.6 is 12.2 Å². The van der Waals surface area contributed by atoms with Gasteiger partial charge in [-0.25, -0.2) is 0 Å². The van der Waals surface area contributed by atoms with Crippen molar-refractivity contribution >= 4 is 34.8 Å². The van der Waals surface area contributed by atoms with Gasteiger partial charge in [0.1, 0.15) is 17.5 Å². The Morgan fingerprint density at radius 3 is 2.11 bits per heavy atom. The molecule has 1 atom stereocenters. The molecule has 1 aliphatic rings. The lowest BCUT2D eigenvalue weighted by Gasteiger charge is -2.24. The molecule has 0 radical (unpaired) electrons. The van der Waals surface area contributed by atoms with Crippen LogP contribution in [0.5, 0.6) is 11.5 Å². The number of ether oxygens (including phenoxy) is 2. The minimum Gasteiger partial charge on any atom is -0.497 e. The van der Waals surface area contributed by atoms with Crippen LogP contribution in [0.25, 0.3) is 0 Å². The number of hydrogen-bond acceptors (Lipinski definition) is 5. The molecule has 0 unspecified atom stereocenters. The molecular weight excluding hydrogens is 474 g/mol. The maximum atomic E-state index is 13.5. The van der Waals surface area contributed by atoms with Crippen LogP contribution in [-0.4, -0.2) is 53.5 Å². The van der Waals surface area contributed by atoms with Crippen molar-refractivity contribution in [1.82, 2.24) is 9.80 Å². The summed E-state index contributed by atoms with van der Waals surface area (Å²) in [7, 11) is 3.22. The largest absolute Gasteiger partial charge is 0.497 e. The fourth-order valence-corrected chi connectivity index (χ4v) is 4.53. The molecule has 8 heteroatoms. The number of amides is 2. The van der Waals surface area contributed by atoms with E-state index in [1.54, 1.807) is 43.4 Å². The molecule has 1 saturated heterocycles. The Balaban J connectivity index is 1.49. The van der Waals surface area contributed by atoms with Crippen molar-refractivity contribution < 1.29 is 19.1 Å². The lowest BCUT2D eigenvalue weighted by atomic mass is 10.1. The van der Waals surface area contributed by atoms with Gasteiger partial charge >= 0.3 is 0 Å². The fraction of sp³-hybridized carbons (Fsp3) is 0.250. The molecule has 4 rings (SSSR count). The maximum absolute atomic E-state index is 13.5. The zero-order valence-electron chi connectivity index (χ0n) is 20.3. The molecule has 3 aromatic rings. The summed E-state index contributed by atoms with van der Waals surface area (Å²) in [5, 5.41) is 3.32. The highest BCUT2D eigenvalue weighted by atomic mass is 32.1. The Hall–Kier alpha value is -3.91. The van der Waals surface area contributed by atoms with E-state index in [0.717, 1.165) is 16.9 Å². The highest BCUT2D eigenvalue weighted by Crippen LogP contribution is 2.25. The van der Waals surface area contributed by atoms with Gasteiger partial charge in [-0.15, -0.1) is 0 Å². The lowest BCUT2D eigenvalue weighted by molar-refractivity contribution is -0.131. The van der Waals surface area contributed by atoms with E-state index in [1.165, 1.54) is 0 Å². The van der Waals surface area contributed by atoms with Gasteiger partial charge in [-0.3, -0.25) is 14.5 Å². The second-order valence-corrected chi connectivity index (χ2v) is 8.85. The van der Waals surface area contributed by atoms with Gasteiger partial charge in [0.25, 0.3) is 5.91 Å². The van der Waals surface area contributed by atoms with E-state index in [4.69, 9.17) is 21.7 Å². The van der Waals surface area contributed by atoms with E-state index in [9.17, 15) is 9.59 Å². The summed E-state index contributed by atoms with van der Waals surface area (Å²) in [6, 6.07) is 23.9. The fourth-order valence-electron chi connectivity index (χ4n) is 4.16. The molecule has 36 heavy (non-hydrogen) atoms.